The summed E-state index contributed by atoms with van der Waals surface area (Å²) in [5.41, 5.74) is 1.16. The molecule has 1 aromatic heterocycles. The van der Waals surface area contributed by atoms with E-state index in [-0.39, 0.29) is 0 Å². The topological polar surface area (TPSA) is 52.0 Å². The maximum Gasteiger partial charge on any atom is 0.0755 e. The molecule has 0 aromatic carbocycles. The highest BCUT2D eigenvalue weighted by Crippen LogP contribution is 2.28. The second-order valence-electron chi connectivity index (χ2n) is 4.00. The molecule has 2 rings (SSSR count). The molecule has 5 nitrogen and oxygen atoms in total. The molecule has 0 radical (unpaired) electrons. The summed E-state index contributed by atoms with van der Waals surface area (Å²) >= 11 is 0. The summed E-state index contributed by atoms with van der Waals surface area (Å²) in [6.45, 7) is 1.74. The summed E-state index contributed by atoms with van der Waals surface area (Å²) in [7, 11) is 3.93. The molecule has 15 heavy (non-hydrogen) atoms. The highest BCUT2D eigenvalue weighted by molar-refractivity contribution is 5.04. The van der Waals surface area contributed by atoms with Crippen molar-refractivity contribution < 1.29 is 4.74 Å². The van der Waals surface area contributed by atoms with Gasteiger partial charge in [0.15, 0.2) is 0 Å². The molecule has 1 aliphatic rings. The third-order valence-electron chi connectivity index (χ3n) is 3.12. The predicted octanol–water partition coefficient (Wildman–Crippen LogP) is 0.502. The zero-order chi connectivity index (χ0) is 10.7. The first-order valence-corrected chi connectivity index (χ1v) is 5.42. The summed E-state index contributed by atoms with van der Waals surface area (Å²) in [5, 5.41) is 11.3. The van der Waals surface area contributed by atoms with Crippen molar-refractivity contribution in [2.75, 3.05) is 20.3 Å². The molecule has 1 N–H and O–H groups in total. The Hall–Kier alpha value is -0.940. The molecule has 0 bridgehead atoms. The average Bonchev–Trinajstić information content (AvgIpc) is 2.68. The highest BCUT2D eigenvalue weighted by atomic mass is 16.5. The van der Waals surface area contributed by atoms with E-state index in [2.05, 4.69) is 15.6 Å². The number of aryl methyl sites for hydroxylation is 1. The van der Waals surface area contributed by atoms with Crippen LogP contribution in [0.1, 0.15) is 24.6 Å². The fraction of sp³-hybridized carbons (Fsp3) is 0.800. The number of hydrogen-bond acceptors (Lipinski definition) is 4. The van der Waals surface area contributed by atoms with E-state index in [9.17, 15) is 0 Å². The molecular formula is C10H18N4O. The minimum absolute atomic E-state index is 0.342. The Morgan fingerprint density at radius 2 is 2.27 bits per heavy atom. The van der Waals surface area contributed by atoms with Gasteiger partial charge in [-0.2, -0.15) is 0 Å². The van der Waals surface area contributed by atoms with E-state index in [1.807, 2.05) is 25.0 Å². The van der Waals surface area contributed by atoms with E-state index < -0.39 is 0 Å². The maximum absolute atomic E-state index is 5.38. The fourth-order valence-electron chi connectivity index (χ4n) is 2.25. The molecule has 84 valence electrons. The van der Waals surface area contributed by atoms with Crippen LogP contribution < -0.4 is 5.32 Å². The first-order chi connectivity index (χ1) is 7.33. The molecule has 2 heterocycles. The number of nitrogens with zero attached hydrogens (tertiary/aromatic N) is 3. The molecule has 5 heteroatoms. The SMILES string of the molecule is CNC(c1cnnn1C)C1CCOCC1. The monoisotopic (exact) mass is 210 g/mol. The highest BCUT2D eigenvalue weighted by Gasteiger charge is 2.26. The Labute approximate surface area is 89.8 Å². The normalized spacial score (nSPS) is 20.4. The van der Waals surface area contributed by atoms with Crippen LogP contribution in [0, 0.1) is 5.92 Å². The van der Waals surface area contributed by atoms with Gasteiger partial charge >= 0.3 is 0 Å². The Morgan fingerprint density at radius 1 is 1.53 bits per heavy atom. The van der Waals surface area contributed by atoms with Crippen LogP contribution in [0.15, 0.2) is 6.20 Å². The molecule has 1 saturated heterocycles. The van der Waals surface area contributed by atoms with Crippen LogP contribution in [0.3, 0.4) is 0 Å². The maximum atomic E-state index is 5.38. The van der Waals surface area contributed by atoms with Gasteiger partial charge in [0.1, 0.15) is 0 Å². The first-order valence-electron chi connectivity index (χ1n) is 5.42. The van der Waals surface area contributed by atoms with E-state index in [1.165, 1.54) is 0 Å². The van der Waals surface area contributed by atoms with Crippen molar-refractivity contribution in [3.05, 3.63) is 11.9 Å². The number of nitrogens with one attached hydrogen (secondary N) is 1. The average molecular weight is 210 g/mol. The molecule has 1 atom stereocenters. The van der Waals surface area contributed by atoms with Crippen LogP contribution in [0.2, 0.25) is 0 Å². The van der Waals surface area contributed by atoms with Crippen molar-refractivity contribution in [2.24, 2.45) is 13.0 Å². The Morgan fingerprint density at radius 3 is 2.80 bits per heavy atom. The Balaban J connectivity index is 2.12. The lowest BCUT2D eigenvalue weighted by Gasteiger charge is -2.29. The standard InChI is InChI=1S/C10H18N4O/c1-11-10(8-3-5-15-6-4-8)9-7-12-13-14(9)2/h7-8,10-11H,3-6H2,1-2H3. The largest absolute Gasteiger partial charge is 0.381 e. The van der Waals surface area contributed by atoms with Crippen molar-refractivity contribution in [3.8, 4) is 0 Å². The van der Waals surface area contributed by atoms with Gasteiger partial charge in [0.25, 0.3) is 0 Å². The van der Waals surface area contributed by atoms with Gasteiger partial charge in [-0.25, -0.2) is 0 Å². The molecular weight excluding hydrogens is 192 g/mol. The third kappa shape index (κ3) is 2.18. The fourth-order valence-corrected chi connectivity index (χ4v) is 2.25. The zero-order valence-electron chi connectivity index (χ0n) is 9.31. The van der Waals surface area contributed by atoms with Crippen molar-refractivity contribution in [1.29, 1.82) is 0 Å². The van der Waals surface area contributed by atoms with E-state index >= 15 is 0 Å². The molecule has 1 aromatic rings. The molecule has 1 fully saturated rings. The smallest absolute Gasteiger partial charge is 0.0755 e. The Kier molecular flexibility index (Phi) is 3.33. The summed E-state index contributed by atoms with van der Waals surface area (Å²) in [4.78, 5) is 0. The van der Waals surface area contributed by atoms with Crippen LogP contribution in [0.25, 0.3) is 0 Å². The van der Waals surface area contributed by atoms with Gasteiger partial charge in [-0.3, -0.25) is 4.68 Å². The van der Waals surface area contributed by atoms with Crippen molar-refractivity contribution in [1.82, 2.24) is 20.3 Å². The van der Waals surface area contributed by atoms with Crippen LogP contribution in [-0.2, 0) is 11.8 Å². The Bertz CT molecular complexity index is 306. The van der Waals surface area contributed by atoms with Gasteiger partial charge in [0.05, 0.1) is 17.9 Å². The molecule has 0 spiro atoms. The molecule has 0 saturated carbocycles. The van der Waals surface area contributed by atoms with E-state index in [0.717, 1.165) is 31.7 Å². The van der Waals surface area contributed by atoms with Gasteiger partial charge in [-0.1, -0.05) is 5.21 Å². The van der Waals surface area contributed by atoms with Gasteiger partial charge in [0.2, 0.25) is 0 Å². The molecule has 0 amide bonds. The van der Waals surface area contributed by atoms with E-state index in [0.29, 0.717) is 12.0 Å². The third-order valence-corrected chi connectivity index (χ3v) is 3.12. The van der Waals surface area contributed by atoms with Gasteiger partial charge < -0.3 is 10.1 Å². The van der Waals surface area contributed by atoms with E-state index in [4.69, 9.17) is 4.74 Å². The minimum Gasteiger partial charge on any atom is -0.381 e. The predicted molar refractivity (Wildman–Crippen MR) is 56.3 cm³/mol. The lowest BCUT2D eigenvalue weighted by atomic mass is 9.90. The summed E-state index contributed by atoms with van der Waals surface area (Å²) in [5.74, 6) is 0.626. The molecule has 0 aliphatic carbocycles. The van der Waals surface area contributed by atoms with Crippen LogP contribution in [0.4, 0.5) is 0 Å². The summed E-state index contributed by atoms with van der Waals surface area (Å²) < 4.78 is 7.22. The first kappa shape index (κ1) is 10.6. The van der Waals surface area contributed by atoms with Gasteiger partial charge in [-0.05, 0) is 25.8 Å². The molecule has 1 unspecified atom stereocenters. The summed E-state index contributed by atoms with van der Waals surface area (Å²) in [6.07, 6.45) is 4.06. The van der Waals surface area contributed by atoms with E-state index in [1.54, 1.807) is 0 Å². The van der Waals surface area contributed by atoms with Gasteiger partial charge in [0, 0.05) is 20.3 Å². The summed E-state index contributed by atoms with van der Waals surface area (Å²) in [6, 6.07) is 0.342. The van der Waals surface area contributed by atoms with Crippen molar-refractivity contribution >= 4 is 0 Å². The number of rotatable bonds is 3. The lowest BCUT2D eigenvalue weighted by molar-refractivity contribution is 0.0536. The second kappa shape index (κ2) is 4.72. The van der Waals surface area contributed by atoms with Crippen molar-refractivity contribution in [2.45, 2.75) is 18.9 Å². The number of ether oxygens (including phenoxy) is 1. The van der Waals surface area contributed by atoms with Crippen LogP contribution >= 0.6 is 0 Å². The number of aromatic nitrogens is 3. The second-order valence-corrected chi connectivity index (χ2v) is 4.00. The zero-order valence-corrected chi connectivity index (χ0v) is 9.31. The van der Waals surface area contributed by atoms with Crippen LogP contribution in [-0.4, -0.2) is 35.3 Å². The molecule has 1 aliphatic heterocycles. The van der Waals surface area contributed by atoms with Crippen LogP contribution in [0.5, 0.6) is 0 Å². The lowest BCUT2D eigenvalue weighted by Crippen LogP contribution is -2.31. The number of hydrogen-bond donors (Lipinski definition) is 1. The van der Waals surface area contributed by atoms with Gasteiger partial charge in [-0.15, -0.1) is 5.10 Å². The quantitative estimate of drug-likeness (QED) is 0.789. The van der Waals surface area contributed by atoms with Crippen molar-refractivity contribution in [3.63, 3.8) is 0 Å². The minimum atomic E-state index is 0.342.